The number of fused-ring (bicyclic) bond motifs is 7. The van der Waals surface area contributed by atoms with E-state index < -0.39 is 23.0 Å². The number of hydrogen-bond donors (Lipinski definition) is 2. The van der Waals surface area contributed by atoms with Crippen LogP contribution in [0.2, 0.25) is 0 Å². The lowest BCUT2D eigenvalue weighted by molar-refractivity contribution is -0.260. The first-order valence-corrected chi connectivity index (χ1v) is 14.5. The van der Waals surface area contributed by atoms with E-state index in [1.807, 2.05) is 0 Å². The van der Waals surface area contributed by atoms with Crippen LogP contribution in [-0.2, 0) is 14.3 Å². The van der Waals surface area contributed by atoms with Gasteiger partial charge in [-0.3, -0.25) is 9.59 Å². The number of carbonyl (C=O) groups excluding carboxylic acids is 2. The van der Waals surface area contributed by atoms with Crippen LogP contribution in [0.5, 0.6) is 0 Å². The molecule has 4 unspecified atom stereocenters. The molecule has 10 atom stereocenters. The van der Waals surface area contributed by atoms with E-state index in [1.165, 1.54) is 7.11 Å². The summed E-state index contributed by atoms with van der Waals surface area (Å²) in [6.07, 6.45) is 6.00. The van der Waals surface area contributed by atoms with E-state index in [-0.39, 0.29) is 51.3 Å². The number of ketones is 1. The zero-order valence-corrected chi connectivity index (χ0v) is 23.9. The number of ether oxygens (including phenoxy) is 1. The summed E-state index contributed by atoms with van der Waals surface area (Å²) >= 11 is 0. The fourth-order valence-electron chi connectivity index (χ4n) is 11.4. The molecule has 0 amide bonds. The van der Waals surface area contributed by atoms with Gasteiger partial charge in [-0.25, -0.2) is 0 Å². The van der Waals surface area contributed by atoms with Crippen molar-refractivity contribution in [3.8, 4) is 0 Å². The molecule has 0 aromatic heterocycles. The van der Waals surface area contributed by atoms with Crippen molar-refractivity contribution in [2.75, 3.05) is 7.11 Å². The molecule has 5 saturated carbocycles. The SMILES string of the molecule is COC(=O)[C@]12CCC(C)(C)CC1C1C(=O)CC3[C@@]4(C)C[C@@H](O)[C@H](O)C(C)(C)C4CC[C@@]3(C)[C@]1(C)CC2. The molecule has 0 spiro atoms. The number of esters is 1. The zero-order valence-electron chi connectivity index (χ0n) is 23.9. The smallest absolute Gasteiger partial charge is 0.312 e. The molecule has 0 aliphatic heterocycles. The van der Waals surface area contributed by atoms with Crippen LogP contribution in [0.15, 0.2) is 0 Å². The Morgan fingerprint density at radius 1 is 0.861 bits per heavy atom. The van der Waals surface area contributed by atoms with Gasteiger partial charge in [-0.2, -0.15) is 0 Å². The molecule has 0 heterocycles. The maximum Gasteiger partial charge on any atom is 0.312 e. The number of aliphatic hydroxyl groups is 2. The van der Waals surface area contributed by atoms with E-state index in [2.05, 4.69) is 48.5 Å². The summed E-state index contributed by atoms with van der Waals surface area (Å²) in [5, 5.41) is 21.9. The molecule has 5 aliphatic carbocycles. The molecule has 5 nitrogen and oxygen atoms in total. The largest absolute Gasteiger partial charge is 0.469 e. The lowest BCUT2D eigenvalue weighted by Crippen LogP contribution is -2.71. The van der Waals surface area contributed by atoms with Crippen LogP contribution < -0.4 is 0 Å². The van der Waals surface area contributed by atoms with Gasteiger partial charge >= 0.3 is 5.97 Å². The Balaban J connectivity index is 1.60. The minimum absolute atomic E-state index is 0.0264. The van der Waals surface area contributed by atoms with Gasteiger partial charge in [0.2, 0.25) is 0 Å². The van der Waals surface area contributed by atoms with Gasteiger partial charge in [-0.1, -0.05) is 48.5 Å². The van der Waals surface area contributed by atoms with Gasteiger partial charge in [0.15, 0.2) is 0 Å². The molecule has 5 heteroatoms. The number of aliphatic hydroxyl groups excluding tert-OH is 2. The first-order valence-electron chi connectivity index (χ1n) is 14.5. The van der Waals surface area contributed by atoms with Crippen LogP contribution in [0.4, 0.5) is 0 Å². The van der Waals surface area contributed by atoms with Crippen molar-refractivity contribution in [1.82, 2.24) is 0 Å². The quantitative estimate of drug-likeness (QED) is 0.459. The second-order valence-corrected chi connectivity index (χ2v) is 15.8. The van der Waals surface area contributed by atoms with Gasteiger partial charge < -0.3 is 14.9 Å². The average Bonchev–Trinajstić information content (AvgIpc) is 2.78. The Morgan fingerprint density at radius 2 is 1.50 bits per heavy atom. The fraction of sp³-hybridized carbons (Fsp3) is 0.935. The Kier molecular flexibility index (Phi) is 5.78. The topological polar surface area (TPSA) is 83.8 Å². The third-order valence-electron chi connectivity index (χ3n) is 13.5. The van der Waals surface area contributed by atoms with E-state index in [1.54, 1.807) is 0 Å². The average molecular weight is 503 g/mol. The monoisotopic (exact) mass is 502 g/mol. The van der Waals surface area contributed by atoms with Crippen molar-refractivity contribution < 1.29 is 24.5 Å². The Morgan fingerprint density at radius 3 is 2.14 bits per heavy atom. The summed E-state index contributed by atoms with van der Waals surface area (Å²) in [6, 6.07) is 0. The molecule has 0 saturated heterocycles. The summed E-state index contributed by atoms with van der Waals surface area (Å²) in [7, 11) is 1.51. The minimum atomic E-state index is -0.762. The predicted octanol–water partition coefficient (Wildman–Crippen LogP) is 5.55. The highest BCUT2D eigenvalue weighted by Gasteiger charge is 2.73. The first-order chi connectivity index (χ1) is 16.5. The second-order valence-electron chi connectivity index (χ2n) is 15.8. The van der Waals surface area contributed by atoms with Crippen LogP contribution in [0.25, 0.3) is 0 Å². The molecule has 0 aromatic rings. The molecule has 0 bridgehead atoms. The predicted molar refractivity (Wildman–Crippen MR) is 139 cm³/mol. The lowest BCUT2D eigenvalue weighted by atomic mass is 9.31. The summed E-state index contributed by atoms with van der Waals surface area (Å²) in [4.78, 5) is 27.8. The number of rotatable bonds is 1. The van der Waals surface area contributed by atoms with Crippen molar-refractivity contribution in [1.29, 1.82) is 0 Å². The maximum atomic E-state index is 14.4. The van der Waals surface area contributed by atoms with Crippen molar-refractivity contribution in [2.24, 2.45) is 56.2 Å². The van der Waals surface area contributed by atoms with Crippen molar-refractivity contribution in [3.63, 3.8) is 0 Å². The standard InChI is InChI=1S/C31H50O5/c1-26(2)11-13-31(25(35)36-8)14-12-30(7)23(18(31)16-26)19(32)15-22-28(5)17-20(33)24(34)27(3,4)21(28)9-10-29(22,30)6/h18,20-24,33-34H,9-17H2,1-8H3/t18?,20-,21?,22?,23?,24+,28+,29-,30-,31+/m1/s1. The van der Waals surface area contributed by atoms with Gasteiger partial charge in [0.25, 0.3) is 0 Å². The Labute approximate surface area is 218 Å². The van der Waals surface area contributed by atoms with Crippen LogP contribution in [-0.4, -0.2) is 41.3 Å². The highest BCUT2D eigenvalue weighted by atomic mass is 16.5. The number of carbonyl (C=O) groups is 2. The van der Waals surface area contributed by atoms with Gasteiger partial charge in [0, 0.05) is 12.3 Å². The van der Waals surface area contributed by atoms with Gasteiger partial charge in [-0.05, 0) is 96.2 Å². The highest BCUT2D eigenvalue weighted by Crippen LogP contribution is 2.76. The van der Waals surface area contributed by atoms with Crippen molar-refractivity contribution in [3.05, 3.63) is 0 Å². The molecule has 5 rings (SSSR count). The van der Waals surface area contributed by atoms with Gasteiger partial charge in [0.1, 0.15) is 5.78 Å². The Hall–Kier alpha value is -0.940. The molecule has 0 aromatic carbocycles. The van der Waals surface area contributed by atoms with E-state index in [0.717, 1.165) is 44.9 Å². The maximum absolute atomic E-state index is 14.4. The molecule has 5 aliphatic rings. The molecular weight excluding hydrogens is 452 g/mol. The summed E-state index contributed by atoms with van der Waals surface area (Å²) in [5.41, 5.74) is -1.28. The van der Waals surface area contributed by atoms with E-state index in [0.29, 0.717) is 18.6 Å². The molecular formula is C31H50O5. The third kappa shape index (κ3) is 3.14. The van der Waals surface area contributed by atoms with Crippen LogP contribution >= 0.6 is 0 Å². The van der Waals surface area contributed by atoms with E-state index in [9.17, 15) is 19.8 Å². The Bertz CT molecular complexity index is 955. The van der Waals surface area contributed by atoms with Crippen LogP contribution in [0, 0.1) is 56.2 Å². The minimum Gasteiger partial charge on any atom is -0.469 e. The van der Waals surface area contributed by atoms with Crippen molar-refractivity contribution in [2.45, 2.75) is 118 Å². The molecule has 204 valence electrons. The van der Waals surface area contributed by atoms with Crippen LogP contribution in [0.1, 0.15) is 106 Å². The van der Waals surface area contributed by atoms with Gasteiger partial charge in [0.05, 0.1) is 24.7 Å². The van der Waals surface area contributed by atoms with E-state index in [4.69, 9.17) is 4.74 Å². The second kappa shape index (κ2) is 7.81. The normalized spacial score (nSPS) is 53.3. The van der Waals surface area contributed by atoms with E-state index >= 15 is 0 Å². The summed E-state index contributed by atoms with van der Waals surface area (Å²) in [6.45, 7) is 15.9. The van der Waals surface area contributed by atoms with Gasteiger partial charge in [-0.15, -0.1) is 0 Å². The third-order valence-corrected chi connectivity index (χ3v) is 13.5. The highest BCUT2D eigenvalue weighted by molar-refractivity contribution is 5.86. The zero-order chi connectivity index (χ0) is 26.7. The summed E-state index contributed by atoms with van der Waals surface area (Å²) < 4.78 is 5.43. The number of methoxy groups -OCH3 is 1. The molecule has 2 N–H and O–H groups in total. The van der Waals surface area contributed by atoms with Crippen LogP contribution in [0.3, 0.4) is 0 Å². The molecule has 0 radical (unpaired) electrons. The molecule has 36 heavy (non-hydrogen) atoms. The lowest BCUT2D eigenvalue weighted by Gasteiger charge is -2.73. The summed E-state index contributed by atoms with van der Waals surface area (Å²) in [5.74, 6) is 0.557. The number of hydrogen-bond acceptors (Lipinski definition) is 5. The fourth-order valence-corrected chi connectivity index (χ4v) is 11.4. The number of Topliss-reactive ketones (excluding diaryl/α,β-unsaturated/α-hetero) is 1. The first kappa shape index (κ1) is 26.7. The van der Waals surface area contributed by atoms with Crippen molar-refractivity contribution >= 4 is 11.8 Å². The molecule has 5 fully saturated rings.